The summed E-state index contributed by atoms with van der Waals surface area (Å²) in [5, 5.41) is 9.68. The molecule has 1 N–H and O–H groups in total. The molecular weight excluding hydrogens is 314 g/mol. The maximum atomic E-state index is 12.5. The van der Waals surface area contributed by atoms with Crippen LogP contribution >= 0.6 is 0 Å². The number of furan rings is 1. The molecule has 0 aliphatic heterocycles. The summed E-state index contributed by atoms with van der Waals surface area (Å²) in [7, 11) is 1.37. The Bertz CT molecular complexity index is 1000. The van der Waals surface area contributed by atoms with E-state index in [0.29, 0.717) is 11.1 Å². The van der Waals surface area contributed by atoms with Crippen molar-refractivity contribution < 1.29 is 19.1 Å². The molecule has 0 saturated heterocycles. The fourth-order valence-corrected chi connectivity index (χ4v) is 2.37. The van der Waals surface area contributed by atoms with Gasteiger partial charge in [-0.2, -0.15) is 0 Å². The molecule has 0 bridgehead atoms. The van der Waals surface area contributed by atoms with Gasteiger partial charge >= 0.3 is 5.97 Å². The third kappa shape index (κ3) is 2.51. The Morgan fingerprint density at radius 1 is 1.38 bits per heavy atom. The molecule has 0 saturated carbocycles. The monoisotopic (exact) mass is 329 g/mol. The highest BCUT2D eigenvalue weighted by molar-refractivity contribution is 6.01. The lowest BCUT2D eigenvalue weighted by molar-refractivity contribution is -0.148. The molecule has 3 aromatic rings. The molecule has 0 radical (unpaired) electrons. The summed E-state index contributed by atoms with van der Waals surface area (Å²) >= 11 is 0. The van der Waals surface area contributed by atoms with E-state index < -0.39 is 23.5 Å². The summed E-state index contributed by atoms with van der Waals surface area (Å²) in [4.78, 5) is 40.9. The molecule has 2 heterocycles. The van der Waals surface area contributed by atoms with E-state index in [1.165, 1.54) is 20.3 Å². The number of carbonyl (C=O) groups excluding carboxylic acids is 1. The van der Waals surface area contributed by atoms with Gasteiger partial charge in [0.05, 0.1) is 6.33 Å². The van der Waals surface area contributed by atoms with Crippen molar-refractivity contribution in [3.8, 4) is 0 Å². The van der Waals surface area contributed by atoms with E-state index in [0.717, 1.165) is 14.9 Å². The Balaban J connectivity index is 1.98. The van der Waals surface area contributed by atoms with Gasteiger partial charge in [-0.25, -0.2) is 9.78 Å². The van der Waals surface area contributed by atoms with Crippen LogP contribution in [0.15, 0.2) is 39.8 Å². The highest BCUT2D eigenvalue weighted by Gasteiger charge is 2.22. The second-order valence-electron chi connectivity index (χ2n) is 5.47. The minimum absolute atomic E-state index is 0.0698. The average molecular weight is 329 g/mol. The second kappa shape index (κ2) is 5.80. The largest absolute Gasteiger partial charge is 0.480 e. The number of aliphatic carboxylic acids is 1. The summed E-state index contributed by atoms with van der Waals surface area (Å²) in [5.74, 6) is -1.63. The van der Waals surface area contributed by atoms with E-state index in [-0.39, 0.29) is 12.1 Å². The van der Waals surface area contributed by atoms with E-state index in [1.54, 1.807) is 18.2 Å². The van der Waals surface area contributed by atoms with Crippen LogP contribution in [0, 0.1) is 0 Å². The number of hydrogen-bond acceptors (Lipinski definition) is 5. The zero-order chi connectivity index (χ0) is 17.4. The normalized spacial score (nSPS) is 12.4. The smallest absolute Gasteiger partial charge is 0.326 e. The number of aromatic nitrogens is 2. The number of carbonyl (C=O) groups is 2. The van der Waals surface area contributed by atoms with E-state index in [1.807, 2.05) is 6.07 Å². The van der Waals surface area contributed by atoms with Crippen molar-refractivity contribution >= 4 is 33.9 Å². The van der Waals surface area contributed by atoms with Crippen LogP contribution in [-0.4, -0.2) is 44.5 Å². The Kier molecular flexibility index (Phi) is 3.80. The predicted molar refractivity (Wildman–Crippen MR) is 85.6 cm³/mol. The molecular formula is C16H15N3O5. The van der Waals surface area contributed by atoms with Crippen molar-refractivity contribution in [3.05, 3.63) is 40.9 Å². The molecule has 1 unspecified atom stereocenters. The van der Waals surface area contributed by atoms with Gasteiger partial charge in [0.1, 0.15) is 23.7 Å². The van der Waals surface area contributed by atoms with E-state index in [4.69, 9.17) is 9.52 Å². The van der Waals surface area contributed by atoms with Gasteiger partial charge in [-0.3, -0.25) is 14.2 Å². The van der Waals surface area contributed by atoms with Crippen molar-refractivity contribution in [3.63, 3.8) is 0 Å². The molecule has 2 aromatic heterocycles. The molecule has 24 heavy (non-hydrogen) atoms. The van der Waals surface area contributed by atoms with Crippen LogP contribution < -0.4 is 5.56 Å². The first kappa shape index (κ1) is 15.7. The number of carboxylic acid groups (broad SMARTS) is 1. The number of hydrogen-bond donors (Lipinski definition) is 1. The minimum Gasteiger partial charge on any atom is -0.480 e. The first-order valence-electron chi connectivity index (χ1n) is 7.25. The minimum atomic E-state index is -1.12. The lowest BCUT2D eigenvalue weighted by Crippen LogP contribution is -2.43. The van der Waals surface area contributed by atoms with Gasteiger partial charge in [0, 0.05) is 12.4 Å². The highest BCUT2D eigenvalue weighted by Crippen LogP contribution is 2.23. The predicted octanol–water partition coefficient (Wildman–Crippen LogP) is 1.07. The lowest BCUT2D eigenvalue weighted by atomic mass is 10.2. The van der Waals surface area contributed by atoms with Crippen LogP contribution in [0.3, 0.4) is 0 Å². The molecule has 8 heteroatoms. The van der Waals surface area contributed by atoms with Crippen LogP contribution in [0.25, 0.3) is 22.1 Å². The van der Waals surface area contributed by atoms with Crippen LogP contribution in [0.4, 0.5) is 0 Å². The number of nitrogens with zero attached hydrogens (tertiary/aromatic N) is 3. The summed E-state index contributed by atoms with van der Waals surface area (Å²) in [6, 6.07) is 6.14. The molecule has 0 aliphatic rings. The number of fused-ring (bicyclic) bond motifs is 3. The van der Waals surface area contributed by atoms with Crippen LogP contribution in [-0.2, 0) is 16.1 Å². The molecule has 1 amide bonds. The fourth-order valence-electron chi connectivity index (χ4n) is 2.37. The Labute approximate surface area is 135 Å². The fraction of sp³-hybridized carbons (Fsp3) is 0.250. The van der Waals surface area contributed by atoms with Crippen molar-refractivity contribution in [2.75, 3.05) is 7.05 Å². The summed E-state index contributed by atoms with van der Waals surface area (Å²) < 4.78 is 6.65. The third-order valence-corrected chi connectivity index (χ3v) is 3.99. The molecule has 1 aromatic carbocycles. The van der Waals surface area contributed by atoms with Crippen molar-refractivity contribution in [2.45, 2.75) is 19.5 Å². The van der Waals surface area contributed by atoms with Gasteiger partial charge in [0.15, 0.2) is 0 Å². The van der Waals surface area contributed by atoms with Gasteiger partial charge in [-0.1, -0.05) is 12.1 Å². The molecule has 124 valence electrons. The number of benzene rings is 1. The molecule has 8 nitrogen and oxygen atoms in total. The van der Waals surface area contributed by atoms with Gasteiger partial charge in [-0.15, -0.1) is 0 Å². The summed E-state index contributed by atoms with van der Waals surface area (Å²) in [6.45, 7) is 1.08. The van der Waals surface area contributed by atoms with Crippen LogP contribution in [0.2, 0.25) is 0 Å². The molecule has 0 spiro atoms. The molecule has 0 fully saturated rings. The number of para-hydroxylation sites is 1. The summed E-state index contributed by atoms with van der Waals surface area (Å²) in [5.41, 5.74) is 0.561. The van der Waals surface area contributed by atoms with E-state index in [2.05, 4.69) is 4.98 Å². The highest BCUT2D eigenvalue weighted by atomic mass is 16.4. The molecule has 0 aliphatic carbocycles. The van der Waals surface area contributed by atoms with Gasteiger partial charge in [-0.05, 0) is 19.1 Å². The maximum Gasteiger partial charge on any atom is 0.326 e. The van der Waals surface area contributed by atoms with Gasteiger partial charge in [0.25, 0.3) is 5.56 Å². The zero-order valence-electron chi connectivity index (χ0n) is 13.1. The Morgan fingerprint density at radius 2 is 2.08 bits per heavy atom. The quantitative estimate of drug-likeness (QED) is 0.767. The number of rotatable bonds is 4. The Hall–Kier alpha value is -3.16. The second-order valence-corrected chi connectivity index (χ2v) is 5.47. The first-order chi connectivity index (χ1) is 11.4. The van der Waals surface area contributed by atoms with Gasteiger partial charge in [0.2, 0.25) is 11.5 Å². The van der Waals surface area contributed by atoms with Crippen molar-refractivity contribution in [2.24, 2.45) is 0 Å². The Morgan fingerprint density at radius 3 is 2.79 bits per heavy atom. The molecule has 3 rings (SSSR count). The first-order valence-corrected chi connectivity index (χ1v) is 7.25. The number of carboxylic acids is 1. The third-order valence-electron chi connectivity index (χ3n) is 3.99. The lowest BCUT2D eigenvalue weighted by Gasteiger charge is -2.21. The zero-order valence-corrected chi connectivity index (χ0v) is 13.1. The topological polar surface area (TPSA) is 106 Å². The maximum absolute atomic E-state index is 12.5. The molecule has 1 atom stereocenters. The number of likely N-dealkylation sites (N-methyl/N-ethyl adjacent to an activating group) is 1. The summed E-state index contributed by atoms with van der Waals surface area (Å²) in [6.07, 6.45) is 1.27. The van der Waals surface area contributed by atoms with E-state index >= 15 is 0 Å². The SMILES string of the molecule is CC(C(=O)O)N(C)C(=O)Cn1cnc2c(oc3ccccc32)c1=O. The average Bonchev–Trinajstić information content (AvgIpc) is 2.95. The number of amides is 1. The van der Waals surface area contributed by atoms with Crippen LogP contribution in [0.1, 0.15) is 6.92 Å². The van der Waals surface area contributed by atoms with Gasteiger partial charge < -0.3 is 14.4 Å². The van der Waals surface area contributed by atoms with Crippen molar-refractivity contribution in [1.82, 2.24) is 14.5 Å². The van der Waals surface area contributed by atoms with E-state index in [9.17, 15) is 14.4 Å². The van der Waals surface area contributed by atoms with Crippen molar-refractivity contribution in [1.29, 1.82) is 0 Å². The van der Waals surface area contributed by atoms with Crippen LogP contribution in [0.5, 0.6) is 0 Å². The standard InChI is InChI=1S/C16H15N3O5/c1-9(16(22)23)18(2)12(20)7-19-8-17-13-10-5-3-4-6-11(10)24-14(13)15(19)21/h3-6,8-9H,7H2,1-2H3,(H,22,23).